The van der Waals surface area contributed by atoms with Crippen molar-refractivity contribution in [2.75, 3.05) is 6.54 Å². The predicted octanol–water partition coefficient (Wildman–Crippen LogP) is 2.19. The summed E-state index contributed by atoms with van der Waals surface area (Å²) in [5.74, 6) is 1.89. The maximum Gasteiger partial charge on any atom is 0.130 e. The summed E-state index contributed by atoms with van der Waals surface area (Å²) in [6.45, 7) is 0.810. The average molecular weight is 342 g/mol. The van der Waals surface area contributed by atoms with Gasteiger partial charge in [0.05, 0.1) is 17.3 Å². The summed E-state index contributed by atoms with van der Waals surface area (Å²) in [5, 5.41) is 17.6. The van der Waals surface area contributed by atoms with E-state index in [-0.39, 0.29) is 0 Å². The van der Waals surface area contributed by atoms with E-state index in [1.54, 1.807) is 6.20 Å². The number of hydrazine groups is 1. The Morgan fingerprint density at radius 1 is 1.15 bits per heavy atom. The summed E-state index contributed by atoms with van der Waals surface area (Å²) in [7, 11) is 0. The molecule has 0 unspecified atom stereocenters. The van der Waals surface area contributed by atoms with Gasteiger partial charge < -0.3 is 10.6 Å². The Bertz CT molecular complexity index is 919. The third-order valence-corrected chi connectivity index (χ3v) is 4.24. The number of allylic oxidation sites excluding steroid dienone is 2. The molecule has 0 bridgehead atoms. The average Bonchev–Trinajstić information content (AvgIpc) is 3.12. The summed E-state index contributed by atoms with van der Waals surface area (Å²) < 4.78 is 0. The maximum absolute atomic E-state index is 8.95. The van der Waals surface area contributed by atoms with Crippen molar-refractivity contribution in [1.29, 1.82) is 5.26 Å². The standard InChI is InChI=1S/C20H18N6/c21-12-15-3-5-17(6-4-15)18-14-24-20-8-7-19(25-26(18)20)23-11-9-16-2-1-10-22-13-16/h1-8,10,13-14,23-25H,9,11H2. The summed E-state index contributed by atoms with van der Waals surface area (Å²) >= 11 is 0. The van der Waals surface area contributed by atoms with Gasteiger partial charge in [-0.1, -0.05) is 18.2 Å². The van der Waals surface area contributed by atoms with E-state index < -0.39 is 0 Å². The fourth-order valence-corrected chi connectivity index (χ4v) is 2.88. The molecule has 0 atom stereocenters. The highest BCUT2D eigenvalue weighted by atomic mass is 15.6. The van der Waals surface area contributed by atoms with Gasteiger partial charge in [-0.25, -0.2) is 5.01 Å². The van der Waals surface area contributed by atoms with E-state index in [0.29, 0.717) is 5.56 Å². The van der Waals surface area contributed by atoms with E-state index >= 15 is 0 Å². The minimum Gasteiger partial charge on any atom is -0.370 e. The van der Waals surface area contributed by atoms with Gasteiger partial charge in [0.2, 0.25) is 0 Å². The van der Waals surface area contributed by atoms with Crippen LogP contribution in [0.1, 0.15) is 16.7 Å². The Kier molecular flexibility index (Phi) is 4.27. The van der Waals surface area contributed by atoms with E-state index in [4.69, 9.17) is 5.26 Å². The first kappa shape index (κ1) is 15.8. The lowest BCUT2D eigenvalue weighted by Gasteiger charge is -2.29. The first-order chi connectivity index (χ1) is 12.8. The zero-order valence-electron chi connectivity index (χ0n) is 14.1. The molecule has 0 saturated heterocycles. The molecule has 2 aromatic rings. The van der Waals surface area contributed by atoms with Crippen LogP contribution in [-0.2, 0) is 6.42 Å². The highest BCUT2D eigenvalue weighted by molar-refractivity contribution is 5.68. The Morgan fingerprint density at radius 2 is 2.04 bits per heavy atom. The van der Waals surface area contributed by atoms with Crippen LogP contribution in [0.5, 0.6) is 0 Å². The molecular formula is C20H18N6. The highest BCUT2D eigenvalue weighted by Gasteiger charge is 2.24. The number of benzene rings is 1. The van der Waals surface area contributed by atoms with Crippen LogP contribution in [0.25, 0.3) is 5.70 Å². The fourth-order valence-electron chi connectivity index (χ4n) is 2.88. The SMILES string of the molecule is N#Cc1ccc(C2=CNC3=CC=C(NCCc4cccnc4)NN32)cc1. The molecule has 0 amide bonds. The van der Waals surface area contributed by atoms with E-state index in [1.165, 1.54) is 5.56 Å². The molecule has 0 aliphatic carbocycles. The van der Waals surface area contributed by atoms with Crippen molar-refractivity contribution in [1.82, 2.24) is 26.1 Å². The fraction of sp³-hybridized carbons (Fsp3) is 0.100. The van der Waals surface area contributed by atoms with Crippen molar-refractivity contribution >= 4 is 5.70 Å². The molecule has 0 radical (unpaired) electrons. The molecule has 128 valence electrons. The molecule has 1 aromatic carbocycles. The van der Waals surface area contributed by atoms with Gasteiger partial charge in [0.25, 0.3) is 0 Å². The number of hydrogen-bond acceptors (Lipinski definition) is 6. The van der Waals surface area contributed by atoms with Gasteiger partial charge in [-0.05, 0) is 42.3 Å². The summed E-state index contributed by atoms with van der Waals surface area (Å²) in [6.07, 6.45) is 10.6. The van der Waals surface area contributed by atoms with Crippen molar-refractivity contribution in [3.05, 3.63) is 95.5 Å². The van der Waals surface area contributed by atoms with Crippen LogP contribution in [0.15, 0.2) is 78.8 Å². The third-order valence-electron chi connectivity index (χ3n) is 4.24. The number of nitriles is 1. The number of fused-ring (bicyclic) bond motifs is 1. The molecule has 2 aliphatic heterocycles. The van der Waals surface area contributed by atoms with Crippen molar-refractivity contribution in [3.63, 3.8) is 0 Å². The van der Waals surface area contributed by atoms with E-state index in [2.05, 4.69) is 33.2 Å². The van der Waals surface area contributed by atoms with Gasteiger partial charge in [-0.3, -0.25) is 10.4 Å². The lowest BCUT2D eigenvalue weighted by atomic mass is 10.1. The molecule has 1 aromatic heterocycles. The Labute approximate surface area is 152 Å². The molecule has 4 rings (SSSR count). The normalized spacial score (nSPS) is 14.9. The first-order valence-corrected chi connectivity index (χ1v) is 8.42. The molecule has 0 fully saturated rings. The molecule has 0 saturated carbocycles. The third kappa shape index (κ3) is 3.23. The zero-order valence-corrected chi connectivity index (χ0v) is 14.1. The maximum atomic E-state index is 8.95. The number of pyridine rings is 1. The molecule has 3 N–H and O–H groups in total. The molecule has 6 heteroatoms. The number of hydrogen-bond donors (Lipinski definition) is 3. The van der Waals surface area contributed by atoms with Gasteiger partial charge in [-0.15, -0.1) is 0 Å². The van der Waals surface area contributed by atoms with Gasteiger partial charge in [-0.2, -0.15) is 5.26 Å². The molecule has 0 spiro atoms. The number of rotatable bonds is 5. The molecule has 2 aliphatic rings. The minimum absolute atomic E-state index is 0.653. The quantitative estimate of drug-likeness (QED) is 0.773. The number of nitrogens with zero attached hydrogens (tertiary/aromatic N) is 3. The summed E-state index contributed by atoms with van der Waals surface area (Å²) in [4.78, 5) is 4.14. The first-order valence-electron chi connectivity index (χ1n) is 8.42. The van der Waals surface area contributed by atoms with E-state index in [9.17, 15) is 0 Å². The van der Waals surface area contributed by atoms with Crippen LogP contribution >= 0.6 is 0 Å². The van der Waals surface area contributed by atoms with Crippen LogP contribution in [0.4, 0.5) is 0 Å². The van der Waals surface area contributed by atoms with E-state index in [0.717, 1.165) is 35.9 Å². The predicted molar refractivity (Wildman–Crippen MR) is 99.4 cm³/mol. The van der Waals surface area contributed by atoms with Gasteiger partial charge >= 0.3 is 0 Å². The summed E-state index contributed by atoms with van der Waals surface area (Å²) in [6, 6.07) is 13.7. The second-order valence-corrected chi connectivity index (χ2v) is 5.98. The lowest BCUT2D eigenvalue weighted by molar-refractivity contribution is 0.376. The van der Waals surface area contributed by atoms with Crippen LogP contribution in [0.3, 0.4) is 0 Å². The largest absolute Gasteiger partial charge is 0.370 e. The van der Waals surface area contributed by atoms with Crippen LogP contribution < -0.4 is 16.1 Å². The minimum atomic E-state index is 0.653. The monoisotopic (exact) mass is 342 g/mol. The summed E-state index contributed by atoms with van der Waals surface area (Å²) in [5.41, 5.74) is 7.27. The van der Waals surface area contributed by atoms with Crippen molar-refractivity contribution < 1.29 is 0 Å². The molecule has 26 heavy (non-hydrogen) atoms. The highest BCUT2D eigenvalue weighted by Crippen LogP contribution is 2.27. The second-order valence-electron chi connectivity index (χ2n) is 5.98. The van der Waals surface area contributed by atoms with Crippen LogP contribution in [0.2, 0.25) is 0 Å². The molecular weight excluding hydrogens is 324 g/mol. The number of nitrogens with one attached hydrogen (secondary N) is 3. The smallest absolute Gasteiger partial charge is 0.130 e. The van der Waals surface area contributed by atoms with Crippen molar-refractivity contribution in [2.24, 2.45) is 0 Å². The van der Waals surface area contributed by atoms with Crippen molar-refractivity contribution in [2.45, 2.75) is 6.42 Å². The van der Waals surface area contributed by atoms with Gasteiger partial charge in [0, 0.05) is 30.7 Å². The topological polar surface area (TPSA) is 76.0 Å². The number of aromatic nitrogens is 1. The van der Waals surface area contributed by atoms with Gasteiger partial charge in [0.15, 0.2) is 0 Å². The second kappa shape index (κ2) is 7.03. The van der Waals surface area contributed by atoms with Crippen LogP contribution in [0, 0.1) is 11.3 Å². The van der Waals surface area contributed by atoms with E-state index in [1.807, 2.05) is 59.9 Å². The molecule has 6 nitrogen and oxygen atoms in total. The Hall–Kier alpha value is -3.72. The Balaban J connectivity index is 1.40. The van der Waals surface area contributed by atoms with Gasteiger partial charge in [0.1, 0.15) is 11.6 Å². The lowest BCUT2D eigenvalue weighted by Crippen LogP contribution is -2.41. The Morgan fingerprint density at radius 3 is 2.81 bits per heavy atom. The zero-order chi connectivity index (χ0) is 17.8. The van der Waals surface area contributed by atoms with Crippen LogP contribution in [-0.4, -0.2) is 16.5 Å². The molecule has 3 heterocycles. The van der Waals surface area contributed by atoms with Crippen molar-refractivity contribution in [3.8, 4) is 6.07 Å².